The van der Waals surface area contributed by atoms with Gasteiger partial charge in [0.1, 0.15) is 12.6 Å². The van der Waals surface area contributed by atoms with E-state index in [1.54, 1.807) is 4.90 Å². The molecular formula is C30H28ClN3O2. The number of fused-ring (bicyclic) bond motifs is 3. The Morgan fingerprint density at radius 2 is 1.64 bits per heavy atom. The van der Waals surface area contributed by atoms with Crippen molar-refractivity contribution in [1.29, 1.82) is 0 Å². The van der Waals surface area contributed by atoms with Crippen molar-refractivity contribution in [2.24, 2.45) is 0 Å². The molecule has 2 heterocycles. The SMILES string of the molecule is Cc1ccccc1C(=O)N(CC(=O)N1c2ccccc2-n2cccc2C1c1cccc(Cl)c1)C(C)C. The highest BCUT2D eigenvalue weighted by Gasteiger charge is 2.37. The van der Waals surface area contributed by atoms with Crippen LogP contribution in [0.25, 0.3) is 5.69 Å². The summed E-state index contributed by atoms with van der Waals surface area (Å²) in [5, 5.41) is 0.607. The Hall–Kier alpha value is -3.83. The Morgan fingerprint density at radius 1 is 0.917 bits per heavy atom. The van der Waals surface area contributed by atoms with Crippen LogP contribution in [0.4, 0.5) is 5.69 Å². The second-order valence-electron chi connectivity index (χ2n) is 9.35. The van der Waals surface area contributed by atoms with E-state index in [1.807, 2.05) is 117 Å². The van der Waals surface area contributed by atoms with Gasteiger partial charge < -0.3 is 9.47 Å². The summed E-state index contributed by atoms with van der Waals surface area (Å²) in [6.07, 6.45) is 2.01. The van der Waals surface area contributed by atoms with Crippen LogP contribution in [-0.2, 0) is 4.79 Å². The zero-order valence-electron chi connectivity index (χ0n) is 20.6. The predicted octanol–water partition coefficient (Wildman–Crippen LogP) is 6.43. The van der Waals surface area contributed by atoms with Crippen LogP contribution < -0.4 is 4.90 Å². The molecule has 0 radical (unpaired) electrons. The third-order valence-corrected chi connectivity index (χ3v) is 6.95. The predicted molar refractivity (Wildman–Crippen MR) is 144 cm³/mol. The third kappa shape index (κ3) is 4.20. The summed E-state index contributed by atoms with van der Waals surface area (Å²) in [6.45, 7) is 5.75. The van der Waals surface area contributed by atoms with E-state index in [2.05, 4.69) is 4.57 Å². The first kappa shape index (κ1) is 23.9. The highest BCUT2D eigenvalue weighted by atomic mass is 35.5. The van der Waals surface area contributed by atoms with Crippen LogP contribution in [0.1, 0.15) is 47.1 Å². The molecule has 4 aromatic rings. The molecule has 3 aromatic carbocycles. The Bertz CT molecular complexity index is 1440. The Balaban J connectivity index is 1.59. The molecule has 0 fully saturated rings. The Kier molecular flexibility index (Phi) is 6.42. The molecule has 6 heteroatoms. The van der Waals surface area contributed by atoms with Gasteiger partial charge in [0.15, 0.2) is 0 Å². The number of aromatic nitrogens is 1. The lowest BCUT2D eigenvalue weighted by Gasteiger charge is -2.40. The summed E-state index contributed by atoms with van der Waals surface area (Å²) >= 11 is 6.38. The van der Waals surface area contributed by atoms with Crippen molar-refractivity contribution in [3.8, 4) is 5.69 Å². The first-order valence-electron chi connectivity index (χ1n) is 12.1. The molecule has 5 rings (SSSR count). The number of anilines is 1. The number of halogens is 1. The van der Waals surface area contributed by atoms with E-state index in [4.69, 9.17) is 11.6 Å². The monoisotopic (exact) mass is 497 g/mol. The molecule has 0 spiro atoms. The van der Waals surface area contributed by atoms with Crippen molar-refractivity contribution in [2.45, 2.75) is 32.9 Å². The van der Waals surface area contributed by atoms with Crippen molar-refractivity contribution in [1.82, 2.24) is 9.47 Å². The molecule has 36 heavy (non-hydrogen) atoms. The van der Waals surface area contributed by atoms with Crippen LogP contribution in [0.2, 0.25) is 5.02 Å². The number of para-hydroxylation sites is 2. The number of amides is 2. The van der Waals surface area contributed by atoms with Crippen LogP contribution in [0.15, 0.2) is 91.1 Å². The summed E-state index contributed by atoms with van der Waals surface area (Å²) < 4.78 is 2.11. The number of nitrogens with zero attached hydrogens (tertiary/aromatic N) is 3. The maximum atomic E-state index is 14.2. The van der Waals surface area contributed by atoms with E-state index in [-0.39, 0.29) is 30.4 Å². The van der Waals surface area contributed by atoms with Crippen molar-refractivity contribution >= 4 is 29.1 Å². The molecule has 182 valence electrons. The van der Waals surface area contributed by atoms with Crippen LogP contribution in [0.5, 0.6) is 0 Å². The molecule has 0 saturated carbocycles. The summed E-state index contributed by atoms with van der Waals surface area (Å²) in [5.41, 5.74) is 5.09. The molecule has 1 unspecified atom stereocenters. The summed E-state index contributed by atoms with van der Waals surface area (Å²) in [7, 11) is 0. The Morgan fingerprint density at radius 3 is 2.36 bits per heavy atom. The van der Waals surface area contributed by atoms with Crippen molar-refractivity contribution in [2.75, 3.05) is 11.4 Å². The maximum Gasteiger partial charge on any atom is 0.254 e. The lowest BCUT2D eigenvalue weighted by Crippen LogP contribution is -2.48. The normalized spacial score (nSPS) is 14.4. The molecule has 0 bridgehead atoms. The first-order valence-corrected chi connectivity index (χ1v) is 12.5. The standard InChI is InChI=1S/C30H28ClN3O2/c1-20(2)33(30(36)24-13-5-4-10-21(24)3)19-28(35)34-26-15-7-6-14-25(26)32-17-9-16-27(32)29(34)22-11-8-12-23(31)18-22/h4-18,20,29H,19H2,1-3H3. The van der Waals surface area contributed by atoms with Gasteiger partial charge in [0.25, 0.3) is 5.91 Å². The van der Waals surface area contributed by atoms with E-state index in [0.717, 1.165) is 28.2 Å². The fraction of sp³-hybridized carbons (Fsp3) is 0.200. The lowest BCUT2D eigenvalue weighted by molar-refractivity contribution is -0.120. The Labute approximate surface area is 216 Å². The number of carbonyl (C=O) groups is 2. The third-order valence-electron chi connectivity index (χ3n) is 6.72. The minimum atomic E-state index is -0.385. The average Bonchev–Trinajstić information content (AvgIpc) is 3.36. The van der Waals surface area contributed by atoms with Gasteiger partial charge in [-0.15, -0.1) is 0 Å². The summed E-state index contributed by atoms with van der Waals surface area (Å²) in [5.74, 6) is -0.306. The molecular weight excluding hydrogens is 470 g/mol. The largest absolute Gasteiger partial charge is 0.327 e. The summed E-state index contributed by atoms with van der Waals surface area (Å²) in [4.78, 5) is 31.2. The number of carbonyl (C=O) groups excluding carboxylic acids is 2. The molecule has 0 saturated heterocycles. The molecule has 5 nitrogen and oxygen atoms in total. The van der Waals surface area contributed by atoms with Gasteiger partial charge in [0.2, 0.25) is 5.91 Å². The molecule has 1 aliphatic rings. The van der Waals surface area contributed by atoms with Gasteiger partial charge in [-0.2, -0.15) is 0 Å². The van der Waals surface area contributed by atoms with Gasteiger partial charge in [-0.05, 0) is 74.4 Å². The number of aryl methyl sites for hydroxylation is 1. The van der Waals surface area contributed by atoms with Crippen LogP contribution >= 0.6 is 11.6 Å². The lowest BCUT2D eigenvalue weighted by atomic mass is 9.97. The van der Waals surface area contributed by atoms with E-state index < -0.39 is 0 Å². The molecule has 1 aliphatic heterocycles. The molecule has 1 aromatic heterocycles. The van der Waals surface area contributed by atoms with Crippen LogP contribution in [0, 0.1) is 6.92 Å². The van der Waals surface area contributed by atoms with Crippen molar-refractivity contribution in [3.63, 3.8) is 0 Å². The van der Waals surface area contributed by atoms with Crippen LogP contribution in [0.3, 0.4) is 0 Å². The fourth-order valence-electron chi connectivity index (χ4n) is 4.93. The highest BCUT2D eigenvalue weighted by molar-refractivity contribution is 6.30. The van der Waals surface area contributed by atoms with Gasteiger partial charge in [-0.3, -0.25) is 14.5 Å². The fourth-order valence-corrected chi connectivity index (χ4v) is 5.13. The van der Waals surface area contributed by atoms with Gasteiger partial charge in [0, 0.05) is 22.8 Å². The van der Waals surface area contributed by atoms with E-state index in [9.17, 15) is 9.59 Å². The minimum absolute atomic E-state index is 0.0447. The smallest absolute Gasteiger partial charge is 0.254 e. The topological polar surface area (TPSA) is 45.6 Å². The average molecular weight is 498 g/mol. The van der Waals surface area contributed by atoms with Gasteiger partial charge >= 0.3 is 0 Å². The molecule has 0 N–H and O–H groups in total. The first-order chi connectivity index (χ1) is 17.4. The second kappa shape index (κ2) is 9.67. The van der Waals surface area contributed by atoms with Crippen molar-refractivity contribution < 1.29 is 9.59 Å². The van der Waals surface area contributed by atoms with E-state index in [0.29, 0.717) is 10.6 Å². The van der Waals surface area contributed by atoms with Crippen LogP contribution in [-0.4, -0.2) is 33.9 Å². The minimum Gasteiger partial charge on any atom is -0.327 e. The van der Waals surface area contributed by atoms with Gasteiger partial charge in [-0.25, -0.2) is 0 Å². The van der Waals surface area contributed by atoms with Gasteiger partial charge in [-0.1, -0.05) is 54.1 Å². The highest BCUT2D eigenvalue weighted by Crippen LogP contribution is 2.42. The molecule has 0 aliphatic carbocycles. The van der Waals surface area contributed by atoms with Gasteiger partial charge in [0.05, 0.1) is 17.1 Å². The zero-order chi connectivity index (χ0) is 25.4. The maximum absolute atomic E-state index is 14.2. The zero-order valence-corrected chi connectivity index (χ0v) is 21.3. The quantitative estimate of drug-likeness (QED) is 0.319. The number of hydrogen-bond acceptors (Lipinski definition) is 2. The molecule has 1 atom stereocenters. The number of hydrogen-bond donors (Lipinski definition) is 0. The van der Waals surface area contributed by atoms with Crippen molar-refractivity contribution in [3.05, 3.63) is 119 Å². The number of benzene rings is 3. The summed E-state index contributed by atoms with van der Waals surface area (Å²) in [6, 6.07) is 26.4. The molecule has 2 amide bonds. The second-order valence-corrected chi connectivity index (χ2v) is 9.79. The van der Waals surface area contributed by atoms with E-state index in [1.165, 1.54) is 0 Å². The van der Waals surface area contributed by atoms with E-state index >= 15 is 0 Å². The number of rotatable bonds is 5.